The summed E-state index contributed by atoms with van der Waals surface area (Å²) in [6, 6.07) is 6.00. The maximum atomic E-state index is 14.7. The summed E-state index contributed by atoms with van der Waals surface area (Å²) < 4.78 is 12.1. The molecule has 18 nitrogen and oxygen atoms in total. The first kappa shape index (κ1) is 65.1. The van der Waals surface area contributed by atoms with Gasteiger partial charge in [0.25, 0.3) is 0 Å². The number of carboxylic acids is 1. The van der Waals surface area contributed by atoms with E-state index in [0.29, 0.717) is 51.2 Å². The largest absolute Gasteiger partial charge is 0.481 e. The van der Waals surface area contributed by atoms with Crippen LogP contribution < -0.4 is 16.0 Å². The molecule has 0 aliphatic carbocycles. The molecule has 2 aliphatic heterocycles. The number of hydrogen-bond donors (Lipinski definition) is 5. The molecule has 428 valence electrons. The average Bonchev–Trinajstić information content (AvgIpc) is 3.85. The van der Waals surface area contributed by atoms with Crippen molar-refractivity contribution in [2.24, 2.45) is 29.6 Å². The van der Waals surface area contributed by atoms with E-state index in [-0.39, 0.29) is 54.2 Å². The number of piperidine rings is 1. The van der Waals surface area contributed by atoms with Gasteiger partial charge in [0, 0.05) is 53.9 Å². The van der Waals surface area contributed by atoms with Gasteiger partial charge in [-0.15, -0.1) is 0 Å². The van der Waals surface area contributed by atoms with Crippen LogP contribution in [-0.4, -0.2) is 207 Å². The first-order valence-electron chi connectivity index (χ1n) is 28.0. The van der Waals surface area contributed by atoms with E-state index in [1.165, 1.54) is 20.0 Å². The van der Waals surface area contributed by atoms with Gasteiger partial charge in [0.05, 0.1) is 61.2 Å². The molecule has 2 aliphatic rings. The molecule has 2 heterocycles. The molecule has 2 fully saturated rings. The van der Waals surface area contributed by atoms with Gasteiger partial charge in [0.2, 0.25) is 29.5 Å². The maximum Gasteiger partial charge on any atom is 0.306 e. The molecular formula is C57H100N8O10. The molecule has 1 aromatic rings. The van der Waals surface area contributed by atoms with Crippen LogP contribution in [0.5, 0.6) is 0 Å². The van der Waals surface area contributed by atoms with Crippen LogP contribution in [0.15, 0.2) is 30.3 Å². The van der Waals surface area contributed by atoms with Crippen molar-refractivity contribution in [3.63, 3.8) is 0 Å². The number of benzene rings is 1. The molecule has 0 radical (unpaired) electrons. The van der Waals surface area contributed by atoms with Crippen LogP contribution in [0.1, 0.15) is 125 Å². The SMILES string of the molecule is CC[C@H](C)[C@@H]([C@@H](CC(=O)N1CCC[C@H]1[C@H](OC)[C@@H](C)C(=O)NC(Cc1ccccc1)C(O)CC(=O)O)OC)N(C)C(=O)C(NC(=O)[C@H](C(C)C)N(C)CCCCCC(=O)NCCN(C)CC1CCN(C)CC1)C(C)C. The predicted octanol–water partition coefficient (Wildman–Crippen LogP) is 4.52. The Morgan fingerprint density at radius 3 is 2.07 bits per heavy atom. The zero-order chi connectivity index (χ0) is 55.9. The lowest BCUT2D eigenvalue weighted by molar-refractivity contribution is -0.148. The molecule has 2 saturated heterocycles. The molecule has 18 heteroatoms. The predicted molar refractivity (Wildman–Crippen MR) is 294 cm³/mol. The van der Waals surface area contributed by atoms with Crippen molar-refractivity contribution in [1.29, 1.82) is 0 Å². The summed E-state index contributed by atoms with van der Waals surface area (Å²) in [6.45, 7) is 19.5. The van der Waals surface area contributed by atoms with Gasteiger partial charge >= 0.3 is 5.97 Å². The van der Waals surface area contributed by atoms with E-state index in [1.807, 2.05) is 83.8 Å². The molecule has 5 N–H and O–H groups in total. The number of carbonyl (C=O) groups excluding carboxylic acids is 5. The summed E-state index contributed by atoms with van der Waals surface area (Å²) in [6.07, 6.45) is 4.16. The fraction of sp³-hybridized carbons (Fsp3) is 0.789. The Morgan fingerprint density at radius 1 is 0.813 bits per heavy atom. The van der Waals surface area contributed by atoms with E-state index in [4.69, 9.17) is 9.47 Å². The van der Waals surface area contributed by atoms with Gasteiger partial charge in [0.15, 0.2) is 0 Å². The van der Waals surface area contributed by atoms with Crippen molar-refractivity contribution in [2.75, 3.05) is 88.2 Å². The molecule has 3 rings (SSSR count). The Kier molecular flexibility index (Phi) is 28.8. The third kappa shape index (κ3) is 20.9. The summed E-state index contributed by atoms with van der Waals surface area (Å²) in [5.41, 5.74) is 0.823. The summed E-state index contributed by atoms with van der Waals surface area (Å²) in [7, 11) is 11.0. The number of aliphatic hydroxyl groups is 1. The van der Waals surface area contributed by atoms with Gasteiger partial charge in [0.1, 0.15) is 6.04 Å². The third-order valence-corrected chi connectivity index (χ3v) is 16.0. The van der Waals surface area contributed by atoms with E-state index in [0.717, 1.165) is 51.0 Å². The van der Waals surface area contributed by atoms with Crippen molar-refractivity contribution in [3.8, 4) is 0 Å². The topological polar surface area (TPSA) is 214 Å². The second kappa shape index (κ2) is 33.2. The van der Waals surface area contributed by atoms with Gasteiger partial charge < -0.3 is 55.2 Å². The number of methoxy groups -OCH3 is 2. The Hall–Kier alpha value is -4.20. The van der Waals surface area contributed by atoms with E-state index in [1.54, 1.807) is 30.9 Å². The number of nitrogens with zero attached hydrogens (tertiary/aromatic N) is 5. The molecular weight excluding hydrogens is 957 g/mol. The van der Waals surface area contributed by atoms with E-state index in [2.05, 4.69) is 39.8 Å². The number of aliphatic hydroxyl groups excluding tert-OH is 1. The average molecular weight is 1060 g/mol. The number of rotatable bonds is 34. The fourth-order valence-corrected chi connectivity index (χ4v) is 11.3. The zero-order valence-corrected chi connectivity index (χ0v) is 48.2. The summed E-state index contributed by atoms with van der Waals surface area (Å²) >= 11 is 0. The smallest absolute Gasteiger partial charge is 0.306 e. The Morgan fingerprint density at radius 2 is 1.48 bits per heavy atom. The molecule has 75 heavy (non-hydrogen) atoms. The number of nitrogens with one attached hydrogen (secondary N) is 3. The number of amides is 5. The highest BCUT2D eigenvalue weighted by Gasteiger charge is 2.44. The highest BCUT2D eigenvalue weighted by molar-refractivity contribution is 5.90. The molecule has 10 atom stereocenters. The van der Waals surface area contributed by atoms with Crippen molar-refractivity contribution < 1.29 is 48.5 Å². The van der Waals surface area contributed by atoms with Crippen LogP contribution in [0.2, 0.25) is 0 Å². The van der Waals surface area contributed by atoms with Crippen LogP contribution >= 0.6 is 0 Å². The lowest BCUT2D eigenvalue weighted by Crippen LogP contribution is -2.60. The number of aliphatic carboxylic acids is 1. The normalized spacial score (nSPS) is 19.3. The van der Waals surface area contributed by atoms with E-state index < -0.39 is 72.7 Å². The Balaban J connectivity index is 1.62. The minimum Gasteiger partial charge on any atom is -0.481 e. The highest BCUT2D eigenvalue weighted by Crippen LogP contribution is 2.30. The number of carbonyl (C=O) groups is 6. The third-order valence-electron chi connectivity index (χ3n) is 16.0. The van der Waals surface area contributed by atoms with Gasteiger partial charge in [-0.3, -0.25) is 33.7 Å². The zero-order valence-electron chi connectivity index (χ0n) is 48.2. The monoisotopic (exact) mass is 1060 g/mol. The van der Waals surface area contributed by atoms with Crippen molar-refractivity contribution in [3.05, 3.63) is 35.9 Å². The summed E-state index contributed by atoms with van der Waals surface area (Å²) in [5, 5.41) is 29.4. The number of unbranched alkanes of at least 4 members (excludes halogenated alkanes) is 2. The minimum absolute atomic E-state index is 0.0445. The van der Waals surface area contributed by atoms with Gasteiger partial charge in [-0.25, -0.2) is 0 Å². The summed E-state index contributed by atoms with van der Waals surface area (Å²) in [4.78, 5) is 91.7. The maximum absolute atomic E-state index is 14.7. The first-order valence-corrected chi connectivity index (χ1v) is 28.0. The van der Waals surface area contributed by atoms with Crippen LogP contribution in [-0.2, 0) is 44.7 Å². The number of hydrogen-bond acceptors (Lipinski definition) is 12. The van der Waals surface area contributed by atoms with Crippen LogP contribution in [0.25, 0.3) is 0 Å². The lowest BCUT2D eigenvalue weighted by atomic mass is 9.89. The fourth-order valence-electron chi connectivity index (χ4n) is 11.3. The molecule has 0 saturated carbocycles. The van der Waals surface area contributed by atoms with E-state index >= 15 is 0 Å². The number of carboxylic acid groups (broad SMARTS) is 1. The quantitative estimate of drug-likeness (QED) is 0.0602. The van der Waals surface area contributed by atoms with Crippen molar-refractivity contribution in [2.45, 2.75) is 174 Å². The summed E-state index contributed by atoms with van der Waals surface area (Å²) in [5.74, 6) is -2.71. The standard InChI is InChI=1S/C57H100N8O10/c1-14-40(6)53(47(74-12)36-49(68)65-30-21-24-45(65)54(75-13)41(7)55(71)59-44(46(66)35-50(69)70)34-42-22-17-15-18-23-42)64(11)57(73)51(38(2)3)60-56(72)52(39(4)5)63(10)29-20-16-19-25-48(67)58-28-33-62(9)37-43-26-31-61(8)32-27-43/h15,17-18,22-23,38-41,43-47,51-54,66H,14,16,19-21,24-37H2,1-13H3,(H,58,67)(H,59,71)(H,60,72)(H,69,70)/t40-,41+,44?,45-,46?,47+,51?,52-,53-,54+/m0/s1. The molecule has 0 aromatic heterocycles. The number of likely N-dealkylation sites (N-methyl/N-ethyl adjacent to an activating group) is 3. The first-order chi connectivity index (χ1) is 35.5. The number of likely N-dealkylation sites (tertiary alicyclic amines) is 2. The Bertz CT molecular complexity index is 1890. The van der Waals surface area contributed by atoms with Gasteiger partial charge in [-0.05, 0) is 115 Å². The second-order valence-electron chi connectivity index (χ2n) is 22.6. The molecule has 0 spiro atoms. The highest BCUT2D eigenvalue weighted by atomic mass is 16.5. The molecule has 3 unspecified atom stereocenters. The lowest BCUT2D eigenvalue weighted by Gasteiger charge is -2.41. The van der Waals surface area contributed by atoms with Crippen molar-refractivity contribution in [1.82, 2.24) is 40.4 Å². The number of ether oxygens (including phenoxy) is 2. The van der Waals surface area contributed by atoms with Crippen LogP contribution in [0.3, 0.4) is 0 Å². The van der Waals surface area contributed by atoms with Crippen molar-refractivity contribution >= 4 is 35.5 Å². The second-order valence-corrected chi connectivity index (χ2v) is 22.6. The Labute approximate surface area is 450 Å². The van der Waals surface area contributed by atoms with Crippen LogP contribution in [0.4, 0.5) is 0 Å². The van der Waals surface area contributed by atoms with E-state index in [9.17, 15) is 39.0 Å². The van der Waals surface area contributed by atoms with Gasteiger partial charge in [-0.2, -0.15) is 0 Å². The van der Waals surface area contributed by atoms with Gasteiger partial charge in [-0.1, -0.05) is 91.6 Å². The molecule has 1 aromatic carbocycles. The van der Waals surface area contributed by atoms with Crippen LogP contribution in [0, 0.1) is 29.6 Å². The molecule has 5 amide bonds. The molecule has 0 bridgehead atoms. The minimum atomic E-state index is -1.34.